The molecule has 0 fully saturated rings. The third kappa shape index (κ3) is 53.2. The highest BCUT2D eigenvalue weighted by atomic mass is 16.6. The van der Waals surface area contributed by atoms with Crippen LogP contribution in [-0.4, -0.2) is 37.2 Å². The zero-order valence-corrected chi connectivity index (χ0v) is 43.6. The average Bonchev–Trinajstić information content (AvgIpc) is 3.33. The molecule has 0 aromatic carbocycles. The van der Waals surface area contributed by atoms with Gasteiger partial charge in [0.25, 0.3) is 0 Å². The summed E-state index contributed by atoms with van der Waals surface area (Å²) >= 11 is 0. The normalized spacial score (nSPS) is 12.8. The second-order valence-electron chi connectivity index (χ2n) is 18.1. The van der Waals surface area contributed by atoms with Crippen LogP contribution in [0, 0.1) is 0 Å². The van der Waals surface area contributed by atoms with E-state index in [9.17, 15) is 14.4 Å². The van der Waals surface area contributed by atoms with Gasteiger partial charge in [-0.3, -0.25) is 14.4 Å². The molecule has 6 nitrogen and oxygen atoms in total. The van der Waals surface area contributed by atoms with Crippen LogP contribution in [0.3, 0.4) is 0 Å². The molecule has 0 N–H and O–H groups in total. The van der Waals surface area contributed by atoms with Crippen molar-refractivity contribution < 1.29 is 28.6 Å². The molecule has 0 aliphatic heterocycles. The van der Waals surface area contributed by atoms with E-state index in [1.807, 2.05) is 6.08 Å². The highest BCUT2D eigenvalue weighted by molar-refractivity contribution is 5.71. The van der Waals surface area contributed by atoms with Gasteiger partial charge in [0.15, 0.2) is 6.10 Å². The Morgan fingerprint density at radius 3 is 1.04 bits per heavy atom. The van der Waals surface area contributed by atoms with E-state index in [2.05, 4.69) is 112 Å². The molecule has 0 aliphatic carbocycles. The van der Waals surface area contributed by atoms with Crippen molar-refractivity contribution in [2.45, 2.75) is 258 Å². The van der Waals surface area contributed by atoms with E-state index in [4.69, 9.17) is 14.2 Å². The minimum absolute atomic E-state index is 0.107. The number of hydrogen-bond acceptors (Lipinski definition) is 6. The zero-order valence-electron chi connectivity index (χ0n) is 43.6. The minimum Gasteiger partial charge on any atom is -0.462 e. The summed E-state index contributed by atoms with van der Waals surface area (Å²) in [7, 11) is 0. The maximum Gasteiger partial charge on any atom is 0.306 e. The number of ether oxygens (including phenoxy) is 3. The maximum atomic E-state index is 12.8. The number of carbonyl (C=O) groups excluding carboxylic acids is 3. The second-order valence-corrected chi connectivity index (χ2v) is 18.1. The summed E-state index contributed by atoms with van der Waals surface area (Å²) in [5.41, 5.74) is 0. The molecule has 0 bridgehead atoms. The number of unbranched alkanes of at least 4 members (excludes halogenated alkanes) is 22. The number of hydrogen-bond donors (Lipinski definition) is 0. The monoisotopic (exact) mass is 931 g/mol. The van der Waals surface area contributed by atoms with Crippen LogP contribution < -0.4 is 0 Å². The largest absolute Gasteiger partial charge is 0.462 e. The number of allylic oxidation sites excluding steroid dienone is 16. The lowest BCUT2D eigenvalue weighted by molar-refractivity contribution is -0.166. The highest BCUT2D eigenvalue weighted by Crippen LogP contribution is 2.15. The minimum atomic E-state index is -0.813. The molecular formula is C61H102O6. The maximum absolute atomic E-state index is 12.8. The van der Waals surface area contributed by atoms with E-state index in [0.29, 0.717) is 19.3 Å². The Morgan fingerprint density at radius 2 is 0.627 bits per heavy atom. The van der Waals surface area contributed by atoms with Gasteiger partial charge in [0.2, 0.25) is 0 Å². The Bertz CT molecular complexity index is 1350. The molecule has 0 saturated heterocycles. The second kappa shape index (κ2) is 54.9. The van der Waals surface area contributed by atoms with Crippen molar-refractivity contribution in [3.05, 3.63) is 97.2 Å². The van der Waals surface area contributed by atoms with Crippen LogP contribution in [0.25, 0.3) is 0 Å². The predicted octanol–water partition coefficient (Wildman–Crippen LogP) is 18.5. The van der Waals surface area contributed by atoms with Crippen LogP contribution in [0.15, 0.2) is 97.2 Å². The van der Waals surface area contributed by atoms with Crippen molar-refractivity contribution in [2.75, 3.05) is 13.2 Å². The fraction of sp³-hybridized carbons (Fsp3) is 0.689. The van der Waals surface area contributed by atoms with Crippen LogP contribution in [0.4, 0.5) is 0 Å². The number of rotatable bonds is 49. The Balaban J connectivity index is 4.51. The molecule has 0 aliphatic rings. The molecule has 0 saturated carbocycles. The van der Waals surface area contributed by atoms with Gasteiger partial charge in [-0.2, -0.15) is 0 Å². The predicted molar refractivity (Wildman–Crippen MR) is 288 cm³/mol. The molecule has 0 rings (SSSR count). The fourth-order valence-corrected chi connectivity index (χ4v) is 7.43. The van der Waals surface area contributed by atoms with Gasteiger partial charge in [0.05, 0.1) is 0 Å². The van der Waals surface area contributed by atoms with E-state index in [1.165, 1.54) is 103 Å². The van der Waals surface area contributed by atoms with Crippen molar-refractivity contribution in [1.29, 1.82) is 0 Å². The standard InChI is InChI=1S/C61H102O6/c1-4-7-10-13-16-19-22-25-28-30-31-32-34-36-39-42-45-48-51-54-60(63)66-57-58(56-65-59(62)53-50-47-44-41-38-35-27-24-21-18-15-12-9-6-3)67-61(64)55-52-49-46-43-40-37-33-29-26-23-20-17-14-11-8-5-2/h7,10,15-16,18-19,24-25,27-28,31-32,36,39,45,48,58H,4-6,8-9,11-14,17,20-23,26,29-30,33-35,37-38,40-44,46-47,49-57H2,1-3H3/b10-7+,18-15+,19-16+,27-24+,28-25+,32-31+,39-36+,48-45+/t58-/m1/s1. The lowest BCUT2D eigenvalue weighted by Crippen LogP contribution is -2.30. The Kier molecular flexibility index (Phi) is 51.9. The van der Waals surface area contributed by atoms with E-state index in [1.54, 1.807) is 0 Å². The lowest BCUT2D eigenvalue weighted by Gasteiger charge is -2.18. The van der Waals surface area contributed by atoms with Crippen LogP contribution >= 0.6 is 0 Å². The molecule has 0 unspecified atom stereocenters. The molecule has 0 spiro atoms. The van der Waals surface area contributed by atoms with Crippen LogP contribution in [0.1, 0.15) is 252 Å². The van der Waals surface area contributed by atoms with Crippen molar-refractivity contribution >= 4 is 17.9 Å². The SMILES string of the molecule is CC/C=C/C/C=C/C/C=C/C/C=C/C/C=C/C/C=C/CCC(=O)OC[C@@H](COC(=O)CCCCCCC/C=C/C/C=C/CCCC)OC(=O)CCCCCCCCCCCCCCCCCC. The van der Waals surface area contributed by atoms with E-state index in [-0.39, 0.29) is 37.5 Å². The zero-order chi connectivity index (χ0) is 48.6. The Labute approximate surface area is 413 Å². The molecule has 0 amide bonds. The third-order valence-electron chi connectivity index (χ3n) is 11.6. The molecule has 0 aromatic rings. The van der Waals surface area contributed by atoms with Gasteiger partial charge in [0, 0.05) is 19.3 Å². The van der Waals surface area contributed by atoms with E-state index < -0.39 is 6.10 Å². The van der Waals surface area contributed by atoms with Gasteiger partial charge in [0.1, 0.15) is 13.2 Å². The third-order valence-corrected chi connectivity index (χ3v) is 11.6. The Hall–Kier alpha value is -3.67. The highest BCUT2D eigenvalue weighted by Gasteiger charge is 2.19. The molecule has 0 radical (unpaired) electrons. The first-order valence-corrected chi connectivity index (χ1v) is 27.7. The molecule has 6 heteroatoms. The van der Waals surface area contributed by atoms with Crippen LogP contribution in [0.2, 0.25) is 0 Å². The Morgan fingerprint density at radius 1 is 0.313 bits per heavy atom. The summed E-state index contributed by atoms with van der Waals surface area (Å²) in [6, 6.07) is 0. The first-order valence-electron chi connectivity index (χ1n) is 27.7. The van der Waals surface area contributed by atoms with Gasteiger partial charge in [-0.05, 0) is 83.5 Å². The van der Waals surface area contributed by atoms with Gasteiger partial charge in [-0.1, -0.05) is 246 Å². The average molecular weight is 931 g/mol. The van der Waals surface area contributed by atoms with Crippen molar-refractivity contribution in [3.8, 4) is 0 Å². The summed E-state index contributed by atoms with van der Waals surface area (Å²) in [5.74, 6) is -1.00. The first kappa shape index (κ1) is 63.3. The van der Waals surface area contributed by atoms with Gasteiger partial charge in [-0.15, -0.1) is 0 Å². The molecule has 1 atom stereocenters. The van der Waals surface area contributed by atoms with E-state index >= 15 is 0 Å². The summed E-state index contributed by atoms with van der Waals surface area (Å²) in [6.45, 7) is 6.42. The van der Waals surface area contributed by atoms with E-state index in [0.717, 1.165) is 103 Å². The summed E-state index contributed by atoms with van der Waals surface area (Å²) in [4.78, 5) is 38.1. The quantitative estimate of drug-likeness (QED) is 0.0262. The number of carbonyl (C=O) groups is 3. The van der Waals surface area contributed by atoms with Gasteiger partial charge < -0.3 is 14.2 Å². The fourth-order valence-electron chi connectivity index (χ4n) is 7.43. The van der Waals surface area contributed by atoms with Crippen LogP contribution in [0.5, 0.6) is 0 Å². The molecule has 0 aromatic heterocycles. The van der Waals surface area contributed by atoms with Crippen LogP contribution in [-0.2, 0) is 28.6 Å². The van der Waals surface area contributed by atoms with Gasteiger partial charge in [-0.25, -0.2) is 0 Å². The molecule has 382 valence electrons. The summed E-state index contributed by atoms with van der Waals surface area (Å²) < 4.78 is 16.8. The smallest absolute Gasteiger partial charge is 0.306 e. The molecular weight excluding hydrogens is 829 g/mol. The molecule has 67 heavy (non-hydrogen) atoms. The van der Waals surface area contributed by atoms with Crippen molar-refractivity contribution in [3.63, 3.8) is 0 Å². The summed E-state index contributed by atoms with van der Waals surface area (Å²) in [5, 5.41) is 0. The topological polar surface area (TPSA) is 78.9 Å². The first-order chi connectivity index (χ1) is 33.0. The van der Waals surface area contributed by atoms with Crippen molar-refractivity contribution in [1.82, 2.24) is 0 Å². The number of esters is 3. The van der Waals surface area contributed by atoms with Crippen molar-refractivity contribution in [2.24, 2.45) is 0 Å². The van der Waals surface area contributed by atoms with Gasteiger partial charge >= 0.3 is 17.9 Å². The molecule has 0 heterocycles. The lowest BCUT2D eigenvalue weighted by atomic mass is 10.0. The summed E-state index contributed by atoms with van der Waals surface area (Å²) in [6.07, 6.45) is 72.6.